The standard InChI is InChI=1S/C10H13N3O3/c1-12-4-2-3-8(12)13-5-7(10(15)16)9(14)11-6-13/h5-6,8H,2-4H2,1H3,(H,15,16). The van der Waals surface area contributed by atoms with Crippen molar-refractivity contribution in [1.29, 1.82) is 0 Å². The van der Waals surface area contributed by atoms with Crippen LogP contribution in [-0.4, -0.2) is 39.1 Å². The number of nitrogens with zero attached hydrogens (tertiary/aromatic N) is 3. The molecule has 0 bridgehead atoms. The molecule has 1 unspecified atom stereocenters. The van der Waals surface area contributed by atoms with Gasteiger partial charge >= 0.3 is 5.97 Å². The second kappa shape index (κ2) is 4.05. The summed E-state index contributed by atoms with van der Waals surface area (Å²) in [4.78, 5) is 27.7. The molecule has 6 nitrogen and oxygen atoms in total. The normalized spacial score (nSPS) is 21.2. The smallest absolute Gasteiger partial charge is 0.342 e. The van der Waals surface area contributed by atoms with Crippen LogP contribution in [0.2, 0.25) is 0 Å². The van der Waals surface area contributed by atoms with Gasteiger partial charge < -0.3 is 9.67 Å². The molecule has 0 spiro atoms. The molecule has 0 aromatic carbocycles. The van der Waals surface area contributed by atoms with Crippen molar-refractivity contribution in [3.05, 3.63) is 28.4 Å². The Labute approximate surface area is 92.1 Å². The summed E-state index contributed by atoms with van der Waals surface area (Å²) in [6.45, 7) is 0.971. The number of rotatable bonds is 2. The fourth-order valence-electron chi connectivity index (χ4n) is 2.01. The third-order valence-corrected chi connectivity index (χ3v) is 2.87. The summed E-state index contributed by atoms with van der Waals surface area (Å²) in [7, 11) is 1.97. The monoisotopic (exact) mass is 223 g/mol. The molecule has 1 N–H and O–H groups in total. The fraction of sp³-hybridized carbons (Fsp3) is 0.500. The summed E-state index contributed by atoms with van der Waals surface area (Å²) in [5.74, 6) is -1.23. The van der Waals surface area contributed by atoms with E-state index in [1.54, 1.807) is 4.57 Å². The zero-order valence-corrected chi connectivity index (χ0v) is 8.96. The molecule has 1 aromatic rings. The highest BCUT2D eigenvalue weighted by atomic mass is 16.4. The van der Waals surface area contributed by atoms with Gasteiger partial charge in [0.15, 0.2) is 0 Å². The van der Waals surface area contributed by atoms with E-state index in [4.69, 9.17) is 5.11 Å². The molecule has 0 radical (unpaired) electrons. The molecule has 6 heteroatoms. The number of aromatic nitrogens is 2. The summed E-state index contributed by atoms with van der Waals surface area (Å²) in [5, 5.41) is 8.83. The van der Waals surface area contributed by atoms with Crippen LogP contribution in [0.4, 0.5) is 0 Å². The van der Waals surface area contributed by atoms with E-state index < -0.39 is 11.5 Å². The summed E-state index contributed by atoms with van der Waals surface area (Å²) < 4.78 is 1.69. The molecule has 1 aromatic heterocycles. The quantitative estimate of drug-likeness (QED) is 0.773. The van der Waals surface area contributed by atoms with Crippen molar-refractivity contribution >= 4 is 5.97 Å². The van der Waals surface area contributed by atoms with Crippen molar-refractivity contribution in [2.45, 2.75) is 19.0 Å². The van der Waals surface area contributed by atoms with Gasteiger partial charge in [-0.05, 0) is 26.4 Å². The maximum absolute atomic E-state index is 11.2. The molecule has 1 fully saturated rings. The van der Waals surface area contributed by atoms with Crippen molar-refractivity contribution in [1.82, 2.24) is 14.5 Å². The van der Waals surface area contributed by atoms with E-state index in [9.17, 15) is 9.59 Å². The number of carboxylic acids is 1. The van der Waals surface area contributed by atoms with Crippen LogP contribution in [-0.2, 0) is 0 Å². The topological polar surface area (TPSA) is 75.4 Å². The predicted molar refractivity (Wildman–Crippen MR) is 56.4 cm³/mol. The van der Waals surface area contributed by atoms with Gasteiger partial charge in [-0.2, -0.15) is 4.98 Å². The van der Waals surface area contributed by atoms with Gasteiger partial charge in [0.2, 0.25) is 0 Å². The second-order valence-electron chi connectivity index (χ2n) is 3.95. The molecule has 86 valence electrons. The van der Waals surface area contributed by atoms with Gasteiger partial charge in [0.25, 0.3) is 5.56 Å². The van der Waals surface area contributed by atoms with Gasteiger partial charge in [0, 0.05) is 6.20 Å². The summed E-state index contributed by atoms with van der Waals surface area (Å²) in [6.07, 6.45) is 4.88. The lowest BCUT2D eigenvalue weighted by atomic mass is 10.3. The number of likely N-dealkylation sites (tertiary alicyclic amines) is 1. The van der Waals surface area contributed by atoms with Gasteiger partial charge in [-0.15, -0.1) is 0 Å². The Morgan fingerprint density at radius 1 is 1.62 bits per heavy atom. The summed E-state index contributed by atoms with van der Waals surface area (Å²) >= 11 is 0. The minimum absolute atomic E-state index is 0.103. The van der Waals surface area contributed by atoms with Crippen molar-refractivity contribution in [3.8, 4) is 0 Å². The van der Waals surface area contributed by atoms with E-state index in [1.165, 1.54) is 12.5 Å². The highest BCUT2D eigenvalue weighted by molar-refractivity contribution is 5.86. The summed E-state index contributed by atoms with van der Waals surface area (Å²) in [6, 6.07) is 0. The van der Waals surface area contributed by atoms with E-state index in [2.05, 4.69) is 9.88 Å². The average Bonchev–Trinajstić information content (AvgIpc) is 2.65. The van der Waals surface area contributed by atoms with Crippen LogP contribution in [0.3, 0.4) is 0 Å². The van der Waals surface area contributed by atoms with Gasteiger partial charge in [0.1, 0.15) is 11.9 Å². The van der Waals surface area contributed by atoms with Gasteiger partial charge in [0.05, 0.1) is 6.17 Å². The van der Waals surface area contributed by atoms with E-state index in [0.717, 1.165) is 19.4 Å². The molecule has 2 rings (SSSR count). The van der Waals surface area contributed by atoms with Gasteiger partial charge in [-0.3, -0.25) is 9.69 Å². The van der Waals surface area contributed by atoms with Crippen LogP contribution in [0.5, 0.6) is 0 Å². The molecule has 2 heterocycles. The first-order valence-electron chi connectivity index (χ1n) is 5.11. The van der Waals surface area contributed by atoms with Gasteiger partial charge in [-0.25, -0.2) is 4.79 Å². The lowest BCUT2D eigenvalue weighted by molar-refractivity contribution is 0.0693. The molecule has 16 heavy (non-hydrogen) atoms. The predicted octanol–water partition coefficient (Wildman–Crippen LogP) is 0.166. The molecule has 0 aliphatic carbocycles. The Hall–Kier alpha value is -1.69. The Bertz CT molecular complexity index is 469. The molecule has 1 saturated heterocycles. The fourth-order valence-corrected chi connectivity index (χ4v) is 2.01. The zero-order valence-electron chi connectivity index (χ0n) is 8.96. The van der Waals surface area contributed by atoms with Crippen LogP contribution >= 0.6 is 0 Å². The Morgan fingerprint density at radius 3 is 2.94 bits per heavy atom. The third-order valence-electron chi connectivity index (χ3n) is 2.87. The molecular weight excluding hydrogens is 210 g/mol. The molecule has 1 atom stereocenters. The molecule has 0 amide bonds. The maximum Gasteiger partial charge on any atom is 0.342 e. The Morgan fingerprint density at radius 2 is 2.38 bits per heavy atom. The van der Waals surface area contributed by atoms with E-state index in [0.29, 0.717) is 0 Å². The summed E-state index contributed by atoms with van der Waals surface area (Å²) in [5.41, 5.74) is -0.966. The lowest BCUT2D eigenvalue weighted by Gasteiger charge is -2.22. The number of carboxylic acid groups (broad SMARTS) is 1. The van der Waals surface area contributed by atoms with Crippen LogP contribution < -0.4 is 5.56 Å². The highest BCUT2D eigenvalue weighted by Crippen LogP contribution is 2.24. The van der Waals surface area contributed by atoms with E-state index in [-0.39, 0.29) is 11.7 Å². The number of hydrogen-bond donors (Lipinski definition) is 1. The van der Waals surface area contributed by atoms with E-state index in [1.807, 2.05) is 7.05 Å². The Kier molecular flexibility index (Phi) is 2.74. The average molecular weight is 223 g/mol. The Balaban J connectivity index is 2.39. The van der Waals surface area contributed by atoms with Crippen molar-refractivity contribution < 1.29 is 9.90 Å². The SMILES string of the molecule is CN1CCCC1n1cnc(=O)c(C(=O)O)c1. The van der Waals surface area contributed by atoms with Crippen molar-refractivity contribution in [2.75, 3.05) is 13.6 Å². The lowest BCUT2D eigenvalue weighted by Crippen LogP contribution is -2.27. The second-order valence-corrected chi connectivity index (χ2v) is 3.95. The highest BCUT2D eigenvalue weighted by Gasteiger charge is 2.23. The number of aromatic carboxylic acids is 1. The van der Waals surface area contributed by atoms with Crippen LogP contribution in [0.25, 0.3) is 0 Å². The molecule has 1 aliphatic rings. The molecule has 1 aliphatic heterocycles. The third kappa shape index (κ3) is 1.83. The van der Waals surface area contributed by atoms with Crippen molar-refractivity contribution in [3.63, 3.8) is 0 Å². The zero-order chi connectivity index (χ0) is 11.7. The first-order valence-corrected chi connectivity index (χ1v) is 5.11. The first kappa shape index (κ1) is 10.8. The van der Waals surface area contributed by atoms with Crippen LogP contribution in [0.15, 0.2) is 17.3 Å². The maximum atomic E-state index is 11.2. The molecule has 0 saturated carbocycles. The van der Waals surface area contributed by atoms with Gasteiger partial charge in [-0.1, -0.05) is 0 Å². The van der Waals surface area contributed by atoms with E-state index >= 15 is 0 Å². The molecular formula is C10H13N3O3. The number of hydrogen-bond acceptors (Lipinski definition) is 4. The van der Waals surface area contributed by atoms with Crippen LogP contribution in [0, 0.1) is 0 Å². The first-order chi connectivity index (χ1) is 7.59. The minimum Gasteiger partial charge on any atom is -0.477 e. The van der Waals surface area contributed by atoms with Crippen molar-refractivity contribution in [2.24, 2.45) is 0 Å². The largest absolute Gasteiger partial charge is 0.477 e. The minimum atomic E-state index is -1.23. The van der Waals surface area contributed by atoms with Crippen LogP contribution in [0.1, 0.15) is 29.4 Å². The number of carbonyl (C=O) groups is 1.